The maximum atomic E-state index is 2.54. The van der Waals surface area contributed by atoms with Gasteiger partial charge < -0.3 is 0 Å². The first-order valence-electron chi connectivity index (χ1n) is 8.17. The maximum absolute atomic E-state index is 2.54. The summed E-state index contributed by atoms with van der Waals surface area (Å²) in [5.74, 6) is 0. The number of hydrogen-bond donors (Lipinski definition) is 0. The molecule has 4 rings (SSSR count). The van der Waals surface area contributed by atoms with Gasteiger partial charge in [-0.15, -0.1) is 0 Å². The molecule has 0 unspecified atom stereocenters. The fourth-order valence-corrected chi connectivity index (χ4v) is 4.09. The van der Waals surface area contributed by atoms with E-state index in [4.69, 9.17) is 0 Å². The molecule has 0 heteroatoms. The first-order valence-corrected chi connectivity index (χ1v) is 8.17. The minimum Gasteiger partial charge on any atom is -0.0763 e. The average Bonchev–Trinajstić information content (AvgIpc) is 2.72. The minimum absolute atomic E-state index is 1.24. The molecule has 0 aromatic heterocycles. The van der Waals surface area contributed by atoms with Gasteiger partial charge in [-0.1, -0.05) is 36.5 Å². The van der Waals surface area contributed by atoms with Gasteiger partial charge in [0.15, 0.2) is 0 Å². The zero-order chi connectivity index (χ0) is 13.4. The smallest absolute Gasteiger partial charge is 0.00768 e. The Morgan fingerprint density at radius 3 is 2.55 bits per heavy atom. The van der Waals surface area contributed by atoms with Crippen LogP contribution in [0.25, 0.3) is 0 Å². The lowest BCUT2D eigenvalue weighted by molar-refractivity contribution is 0.689. The van der Waals surface area contributed by atoms with Crippen molar-refractivity contribution >= 4 is 0 Å². The molecular formula is C20H22. The van der Waals surface area contributed by atoms with Crippen molar-refractivity contribution in [3.05, 3.63) is 69.9 Å². The number of rotatable bonds is 0. The van der Waals surface area contributed by atoms with Crippen molar-refractivity contribution in [2.75, 3.05) is 0 Å². The highest BCUT2D eigenvalue weighted by atomic mass is 14.3. The zero-order valence-corrected chi connectivity index (χ0v) is 12.1. The molecule has 0 bridgehead atoms. The van der Waals surface area contributed by atoms with Crippen LogP contribution in [-0.4, -0.2) is 0 Å². The molecule has 20 heavy (non-hydrogen) atoms. The van der Waals surface area contributed by atoms with Crippen LogP contribution in [0, 0.1) is 0 Å². The van der Waals surface area contributed by atoms with Gasteiger partial charge in [0.1, 0.15) is 0 Å². The standard InChI is InChI=1S/C20H22/c1-3-9-15-10-4-2-6-14-19-17-12-8-7-11-16(17)18(13-5-1)20(15)19/h1,3,5,9,13-14H,2,4,6-8,10-12H2. The molecule has 0 aromatic carbocycles. The van der Waals surface area contributed by atoms with Crippen molar-refractivity contribution < 1.29 is 0 Å². The van der Waals surface area contributed by atoms with Crippen LogP contribution in [-0.2, 0) is 0 Å². The predicted molar refractivity (Wildman–Crippen MR) is 85.4 cm³/mol. The highest BCUT2D eigenvalue weighted by molar-refractivity contribution is 5.73. The summed E-state index contributed by atoms with van der Waals surface area (Å²) >= 11 is 0. The Morgan fingerprint density at radius 1 is 0.750 bits per heavy atom. The van der Waals surface area contributed by atoms with E-state index in [2.05, 4.69) is 36.5 Å². The average molecular weight is 262 g/mol. The SMILES string of the molecule is C1=CC=C2CCCCC=C3C4=C(CCCC4)C(=C23)C=C1. The molecule has 0 spiro atoms. The molecule has 102 valence electrons. The van der Waals surface area contributed by atoms with Crippen LogP contribution in [0.2, 0.25) is 0 Å². The Labute approximate surface area is 122 Å². The van der Waals surface area contributed by atoms with E-state index in [1.54, 1.807) is 33.4 Å². The predicted octanol–water partition coefficient (Wildman–Crippen LogP) is 5.72. The summed E-state index contributed by atoms with van der Waals surface area (Å²) in [4.78, 5) is 0. The van der Waals surface area contributed by atoms with E-state index < -0.39 is 0 Å². The Balaban J connectivity index is 1.94. The van der Waals surface area contributed by atoms with Gasteiger partial charge in [-0.25, -0.2) is 0 Å². The lowest BCUT2D eigenvalue weighted by Gasteiger charge is -2.18. The van der Waals surface area contributed by atoms with Gasteiger partial charge >= 0.3 is 0 Å². The summed E-state index contributed by atoms with van der Waals surface area (Å²) in [6.45, 7) is 0. The Kier molecular flexibility index (Phi) is 3.10. The monoisotopic (exact) mass is 262 g/mol. The van der Waals surface area contributed by atoms with Gasteiger partial charge in [0.05, 0.1) is 0 Å². The summed E-state index contributed by atoms with van der Waals surface area (Å²) < 4.78 is 0. The van der Waals surface area contributed by atoms with Crippen molar-refractivity contribution in [3.63, 3.8) is 0 Å². The van der Waals surface area contributed by atoms with Gasteiger partial charge in [0.25, 0.3) is 0 Å². The van der Waals surface area contributed by atoms with Crippen LogP contribution >= 0.6 is 0 Å². The molecule has 0 N–H and O–H groups in total. The Morgan fingerprint density at radius 2 is 1.60 bits per heavy atom. The maximum Gasteiger partial charge on any atom is -0.00768 e. The number of allylic oxidation sites excluding steroid dienone is 12. The van der Waals surface area contributed by atoms with Crippen LogP contribution < -0.4 is 0 Å². The minimum atomic E-state index is 1.24. The third kappa shape index (κ3) is 1.90. The van der Waals surface area contributed by atoms with Gasteiger partial charge in [0, 0.05) is 0 Å². The van der Waals surface area contributed by atoms with E-state index in [1.807, 2.05) is 0 Å². The third-order valence-electron chi connectivity index (χ3n) is 5.01. The van der Waals surface area contributed by atoms with Crippen molar-refractivity contribution in [2.45, 2.75) is 51.4 Å². The fourth-order valence-electron chi connectivity index (χ4n) is 4.09. The van der Waals surface area contributed by atoms with Crippen molar-refractivity contribution in [1.29, 1.82) is 0 Å². The van der Waals surface area contributed by atoms with E-state index in [0.29, 0.717) is 0 Å². The van der Waals surface area contributed by atoms with Crippen molar-refractivity contribution in [1.82, 2.24) is 0 Å². The van der Waals surface area contributed by atoms with E-state index in [1.165, 1.54) is 51.4 Å². The molecule has 0 radical (unpaired) electrons. The molecular weight excluding hydrogens is 240 g/mol. The first-order chi connectivity index (χ1) is 9.95. The van der Waals surface area contributed by atoms with E-state index in [9.17, 15) is 0 Å². The Hall–Kier alpha value is -1.56. The molecule has 0 heterocycles. The molecule has 0 nitrogen and oxygen atoms in total. The van der Waals surface area contributed by atoms with Crippen molar-refractivity contribution in [2.24, 2.45) is 0 Å². The van der Waals surface area contributed by atoms with E-state index >= 15 is 0 Å². The summed E-state index contributed by atoms with van der Waals surface area (Å²) in [6, 6.07) is 0. The molecule has 0 aliphatic heterocycles. The molecule has 0 amide bonds. The number of fused-ring (bicyclic) bond motifs is 2. The van der Waals surface area contributed by atoms with Crippen LogP contribution in [0.1, 0.15) is 51.4 Å². The second kappa shape index (κ2) is 5.09. The Bertz CT molecular complexity index is 614. The lowest BCUT2D eigenvalue weighted by atomic mass is 9.86. The van der Waals surface area contributed by atoms with Crippen molar-refractivity contribution in [3.8, 4) is 0 Å². The third-order valence-corrected chi connectivity index (χ3v) is 5.01. The largest absolute Gasteiger partial charge is 0.0763 e. The molecule has 0 saturated carbocycles. The first kappa shape index (κ1) is 12.2. The lowest BCUT2D eigenvalue weighted by Crippen LogP contribution is -2.00. The van der Waals surface area contributed by atoms with Crippen LogP contribution in [0.15, 0.2) is 69.9 Å². The zero-order valence-electron chi connectivity index (χ0n) is 12.1. The molecule has 4 aliphatic rings. The van der Waals surface area contributed by atoms with Crippen LogP contribution in [0.4, 0.5) is 0 Å². The van der Waals surface area contributed by atoms with Gasteiger partial charge in [-0.05, 0) is 84.8 Å². The number of hydrogen-bond acceptors (Lipinski definition) is 0. The van der Waals surface area contributed by atoms with E-state index in [0.717, 1.165) is 0 Å². The molecule has 4 aliphatic carbocycles. The second-order valence-corrected chi connectivity index (χ2v) is 6.25. The molecule has 0 aromatic rings. The van der Waals surface area contributed by atoms with Gasteiger partial charge in [0.2, 0.25) is 0 Å². The summed E-state index contributed by atoms with van der Waals surface area (Å²) in [5.41, 5.74) is 9.64. The fraction of sp³-hybridized carbons (Fsp3) is 0.400. The topological polar surface area (TPSA) is 0 Å². The van der Waals surface area contributed by atoms with Crippen LogP contribution in [0.3, 0.4) is 0 Å². The summed E-state index contributed by atoms with van der Waals surface area (Å²) in [6.07, 6.45) is 24.4. The molecule has 0 fully saturated rings. The highest BCUT2D eigenvalue weighted by Gasteiger charge is 2.31. The molecule has 0 saturated heterocycles. The molecule has 0 atom stereocenters. The van der Waals surface area contributed by atoms with Gasteiger partial charge in [-0.3, -0.25) is 0 Å². The summed E-state index contributed by atoms with van der Waals surface area (Å²) in [5, 5.41) is 0. The van der Waals surface area contributed by atoms with E-state index in [-0.39, 0.29) is 0 Å². The van der Waals surface area contributed by atoms with Crippen LogP contribution in [0.5, 0.6) is 0 Å². The summed E-state index contributed by atoms with van der Waals surface area (Å²) in [7, 11) is 0. The normalized spacial score (nSPS) is 25.2. The quantitative estimate of drug-likeness (QED) is 0.523. The van der Waals surface area contributed by atoms with Gasteiger partial charge in [-0.2, -0.15) is 0 Å². The highest BCUT2D eigenvalue weighted by Crippen LogP contribution is 2.49. The second-order valence-electron chi connectivity index (χ2n) is 6.25.